The summed E-state index contributed by atoms with van der Waals surface area (Å²) in [6, 6.07) is 9.77. The molecular formula is C13H12FNO2. The number of hydrogen-bond acceptors (Lipinski definition) is 3. The van der Waals surface area contributed by atoms with Gasteiger partial charge in [0.25, 0.3) is 0 Å². The Balaban J connectivity index is 2.29. The van der Waals surface area contributed by atoms with Crippen molar-refractivity contribution in [1.82, 2.24) is 4.98 Å². The number of methoxy groups -OCH3 is 1. The number of aliphatic hydroxyl groups excluding tert-OH is 1. The lowest BCUT2D eigenvalue weighted by atomic mass is 10.1. The van der Waals surface area contributed by atoms with E-state index >= 15 is 0 Å². The van der Waals surface area contributed by atoms with Gasteiger partial charge in [-0.15, -0.1) is 0 Å². The fourth-order valence-electron chi connectivity index (χ4n) is 1.53. The highest BCUT2D eigenvalue weighted by molar-refractivity contribution is 5.33. The topological polar surface area (TPSA) is 42.4 Å². The van der Waals surface area contributed by atoms with Gasteiger partial charge in [-0.3, -0.25) is 4.98 Å². The second-order valence-electron chi connectivity index (χ2n) is 3.58. The summed E-state index contributed by atoms with van der Waals surface area (Å²) < 4.78 is 17.8. The summed E-state index contributed by atoms with van der Waals surface area (Å²) in [6.07, 6.45) is 0.198. The Hall–Kier alpha value is -1.94. The van der Waals surface area contributed by atoms with Crippen LogP contribution in [-0.2, 0) is 0 Å². The highest BCUT2D eigenvalue weighted by Crippen LogP contribution is 2.23. The fraction of sp³-hybridized carbons (Fsp3) is 0.154. The van der Waals surface area contributed by atoms with Crippen molar-refractivity contribution < 1.29 is 14.2 Å². The zero-order valence-corrected chi connectivity index (χ0v) is 9.30. The zero-order chi connectivity index (χ0) is 12.3. The lowest BCUT2D eigenvalue weighted by Crippen LogP contribution is -2.02. The molecule has 0 aliphatic carbocycles. The molecule has 0 fully saturated rings. The molecule has 2 aromatic rings. The third kappa shape index (κ3) is 2.60. The van der Waals surface area contributed by atoms with Gasteiger partial charge in [0, 0.05) is 0 Å². The Morgan fingerprint density at radius 1 is 1.29 bits per heavy atom. The molecule has 1 N–H and O–H groups in total. The SMILES string of the molecule is COc1cccc(C(O)c2ccc(F)cn2)c1. The van der Waals surface area contributed by atoms with Gasteiger partial charge >= 0.3 is 0 Å². The second-order valence-corrected chi connectivity index (χ2v) is 3.58. The number of hydrogen-bond donors (Lipinski definition) is 1. The van der Waals surface area contributed by atoms with Crippen molar-refractivity contribution in [3.8, 4) is 5.75 Å². The smallest absolute Gasteiger partial charge is 0.141 e. The Labute approximate surface area is 98.5 Å². The van der Waals surface area contributed by atoms with Gasteiger partial charge in [0.1, 0.15) is 17.7 Å². The highest BCUT2D eigenvalue weighted by Gasteiger charge is 2.12. The summed E-state index contributed by atoms with van der Waals surface area (Å²) in [6.45, 7) is 0. The summed E-state index contributed by atoms with van der Waals surface area (Å²) in [7, 11) is 1.56. The Kier molecular flexibility index (Phi) is 3.35. The van der Waals surface area contributed by atoms with E-state index in [1.54, 1.807) is 31.4 Å². The highest BCUT2D eigenvalue weighted by atomic mass is 19.1. The van der Waals surface area contributed by atoms with Crippen LogP contribution in [0, 0.1) is 5.82 Å². The van der Waals surface area contributed by atoms with E-state index < -0.39 is 11.9 Å². The maximum atomic E-state index is 12.7. The Morgan fingerprint density at radius 3 is 2.76 bits per heavy atom. The molecule has 1 atom stereocenters. The molecule has 1 aromatic carbocycles. The molecule has 0 aliphatic heterocycles. The third-order valence-corrected chi connectivity index (χ3v) is 2.44. The van der Waals surface area contributed by atoms with Gasteiger partial charge in [-0.25, -0.2) is 4.39 Å². The maximum Gasteiger partial charge on any atom is 0.141 e. The zero-order valence-electron chi connectivity index (χ0n) is 9.30. The van der Waals surface area contributed by atoms with E-state index in [9.17, 15) is 9.50 Å². The van der Waals surface area contributed by atoms with Crippen molar-refractivity contribution in [3.63, 3.8) is 0 Å². The summed E-state index contributed by atoms with van der Waals surface area (Å²) >= 11 is 0. The van der Waals surface area contributed by atoms with Crippen molar-refractivity contribution in [3.05, 3.63) is 59.7 Å². The molecule has 0 saturated heterocycles. The second kappa shape index (κ2) is 4.93. The first-order chi connectivity index (χ1) is 8.20. The monoisotopic (exact) mass is 233 g/mol. The molecule has 0 radical (unpaired) electrons. The van der Waals surface area contributed by atoms with Gasteiger partial charge in [0.05, 0.1) is 19.0 Å². The van der Waals surface area contributed by atoms with Crippen LogP contribution in [-0.4, -0.2) is 17.2 Å². The molecule has 1 aromatic heterocycles. The standard InChI is InChI=1S/C13H12FNO2/c1-17-11-4-2-3-9(7-11)13(16)12-6-5-10(14)8-15-12/h2-8,13,16H,1H3. The summed E-state index contributed by atoms with van der Waals surface area (Å²) in [5.74, 6) is 0.232. The van der Waals surface area contributed by atoms with E-state index in [4.69, 9.17) is 4.74 Å². The molecule has 4 heteroatoms. The van der Waals surface area contributed by atoms with Crippen LogP contribution >= 0.6 is 0 Å². The van der Waals surface area contributed by atoms with E-state index in [2.05, 4.69) is 4.98 Å². The minimum Gasteiger partial charge on any atom is -0.497 e. The number of aliphatic hydroxyl groups is 1. The number of rotatable bonds is 3. The summed E-state index contributed by atoms with van der Waals surface area (Å²) in [4.78, 5) is 3.84. The number of ether oxygens (including phenoxy) is 1. The predicted octanol–water partition coefficient (Wildman–Crippen LogP) is 2.31. The third-order valence-electron chi connectivity index (χ3n) is 2.44. The number of aromatic nitrogens is 1. The van der Waals surface area contributed by atoms with Gasteiger partial charge in [-0.2, -0.15) is 0 Å². The van der Waals surface area contributed by atoms with Crippen LogP contribution in [0.1, 0.15) is 17.4 Å². The number of nitrogens with zero attached hydrogens (tertiary/aromatic N) is 1. The van der Waals surface area contributed by atoms with Crippen LogP contribution in [0.5, 0.6) is 5.75 Å². The molecule has 0 saturated carbocycles. The normalized spacial score (nSPS) is 12.2. The van der Waals surface area contributed by atoms with E-state index in [1.807, 2.05) is 0 Å². The largest absolute Gasteiger partial charge is 0.497 e. The van der Waals surface area contributed by atoms with Gasteiger partial charge in [0.2, 0.25) is 0 Å². The van der Waals surface area contributed by atoms with Gasteiger partial charge < -0.3 is 9.84 Å². The van der Waals surface area contributed by atoms with E-state index in [0.717, 1.165) is 6.20 Å². The van der Waals surface area contributed by atoms with Crippen molar-refractivity contribution in [1.29, 1.82) is 0 Å². The molecule has 1 heterocycles. The van der Waals surface area contributed by atoms with Gasteiger partial charge in [-0.1, -0.05) is 12.1 Å². The first-order valence-corrected chi connectivity index (χ1v) is 5.14. The lowest BCUT2D eigenvalue weighted by molar-refractivity contribution is 0.214. The molecule has 17 heavy (non-hydrogen) atoms. The fourth-order valence-corrected chi connectivity index (χ4v) is 1.53. The van der Waals surface area contributed by atoms with Crippen molar-refractivity contribution >= 4 is 0 Å². The van der Waals surface area contributed by atoms with Gasteiger partial charge in [0.15, 0.2) is 0 Å². The van der Waals surface area contributed by atoms with E-state index in [-0.39, 0.29) is 0 Å². The number of benzene rings is 1. The molecule has 88 valence electrons. The number of pyridine rings is 1. The molecule has 3 nitrogen and oxygen atoms in total. The summed E-state index contributed by atoms with van der Waals surface area (Å²) in [5, 5.41) is 10.1. The molecule has 0 bridgehead atoms. The molecule has 0 amide bonds. The van der Waals surface area contributed by atoms with Crippen LogP contribution in [0.2, 0.25) is 0 Å². The quantitative estimate of drug-likeness (QED) is 0.884. The first kappa shape index (κ1) is 11.5. The Bertz CT molecular complexity index is 499. The van der Waals surface area contributed by atoms with E-state index in [0.29, 0.717) is 17.0 Å². The molecule has 2 rings (SSSR count). The maximum absolute atomic E-state index is 12.7. The predicted molar refractivity (Wildman–Crippen MR) is 61.3 cm³/mol. The molecular weight excluding hydrogens is 221 g/mol. The van der Waals surface area contributed by atoms with Crippen LogP contribution in [0.25, 0.3) is 0 Å². The summed E-state index contributed by atoms with van der Waals surface area (Å²) in [5.41, 5.74) is 1.06. The average molecular weight is 233 g/mol. The van der Waals surface area contributed by atoms with Gasteiger partial charge in [-0.05, 0) is 29.8 Å². The Morgan fingerprint density at radius 2 is 2.12 bits per heavy atom. The van der Waals surface area contributed by atoms with Crippen LogP contribution < -0.4 is 4.74 Å². The lowest BCUT2D eigenvalue weighted by Gasteiger charge is -2.11. The van der Waals surface area contributed by atoms with Crippen molar-refractivity contribution in [2.75, 3.05) is 7.11 Å². The van der Waals surface area contributed by atoms with Crippen molar-refractivity contribution in [2.24, 2.45) is 0 Å². The van der Waals surface area contributed by atoms with Crippen LogP contribution in [0.3, 0.4) is 0 Å². The molecule has 0 aliphatic rings. The van der Waals surface area contributed by atoms with Crippen LogP contribution in [0.15, 0.2) is 42.6 Å². The minimum atomic E-state index is -0.884. The van der Waals surface area contributed by atoms with Crippen LogP contribution in [0.4, 0.5) is 4.39 Å². The molecule has 1 unspecified atom stereocenters. The number of halogens is 1. The first-order valence-electron chi connectivity index (χ1n) is 5.14. The minimum absolute atomic E-state index is 0.402. The molecule has 0 spiro atoms. The van der Waals surface area contributed by atoms with Crippen molar-refractivity contribution in [2.45, 2.75) is 6.10 Å². The van der Waals surface area contributed by atoms with E-state index in [1.165, 1.54) is 12.1 Å². The average Bonchev–Trinajstić information content (AvgIpc) is 2.39.